The van der Waals surface area contributed by atoms with E-state index in [1.807, 2.05) is 26.0 Å². The Balaban J connectivity index is 1.44. The number of aromatic nitrogens is 1. The first-order valence-corrected chi connectivity index (χ1v) is 9.93. The molecular formula is C21H27N5O2. The van der Waals surface area contributed by atoms with Crippen LogP contribution in [-0.4, -0.2) is 40.1 Å². The zero-order valence-electron chi connectivity index (χ0n) is 16.4. The average molecular weight is 381 g/mol. The molecule has 4 rings (SSSR count). The first-order chi connectivity index (χ1) is 13.4. The van der Waals surface area contributed by atoms with Crippen LogP contribution in [0, 0.1) is 6.92 Å². The van der Waals surface area contributed by atoms with Crippen molar-refractivity contribution in [2.24, 2.45) is 4.99 Å². The molecule has 1 aromatic heterocycles. The van der Waals surface area contributed by atoms with Crippen molar-refractivity contribution in [1.82, 2.24) is 20.9 Å². The summed E-state index contributed by atoms with van der Waals surface area (Å²) in [6, 6.07) is 3.25. The Labute approximate surface area is 165 Å². The monoisotopic (exact) mass is 381 g/mol. The SMILES string of the molecule is CC1=CN=CC(C(=O)NC23CCCC(NC(=O)c4cc(C)ccn4)(CC2)C3)N1. The molecular weight excluding hydrogens is 354 g/mol. The van der Waals surface area contributed by atoms with Crippen LogP contribution in [-0.2, 0) is 4.79 Å². The molecule has 28 heavy (non-hydrogen) atoms. The van der Waals surface area contributed by atoms with E-state index in [0.29, 0.717) is 5.69 Å². The van der Waals surface area contributed by atoms with Crippen LogP contribution in [0.1, 0.15) is 61.5 Å². The van der Waals surface area contributed by atoms with E-state index in [1.54, 1.807) is 18.6 Å². The van der Waals surface area contributed by atoms with Crippen LogP contribution >= 0.6 is 0 Å². The Bertz CT molecular complexity index is 864. The van der Waals surface area contributed by atoms with Gasteiger partial charge in [0.2, 0.25) is 5.91 Å². The molecule has 0 saturated heterocycles. The smallest absolute Gasteiger partial charge is 0.270 e. The molecule has 2 fully saturated rings. The zero-order chi connectivity index (χ0) is 19.8. The van der Waals surface area contributed by atoms with E-state index >= 15 is 0 Å². The largest absolute Gasteiger partial charge is 0.372 e. The number of nitrogens with zero attached hydrogens (tertiary/aromatic N) is 2. The van der Waals surface area contributed by atoms with E-state index in [9.17, 15) is 9.59 Å². The Morgan fingerprint density at radius 2 is 1.89 bits per heavy atom. The van der Waals surface area contributed by atoms with E-state index < -0.39 is 6.04 Å². The predicted octanol–water partition coefficient (Wildman–Crippen LogP) is 1.99. The third kappa shape index (κ3) is 3.66. The summed E-state index contributed by atoms with van der Waals surface area (Å²) in [5.41, 5.74) is 1.82. The van der Waals surface area contributed by atoms with E-state index in [-0.39, 0.29) is 22.9 Å². The Hall–Kier alpha value is -2.70. The van der Waals surface area contributed by atoms with E-state index in [2.05, 4.69) is 25.9 Å². The topological polar surface area (TPSA) is 95.5 Å². The van der Waals surface area contributed by atoms with Crippen molar-refractivity contribution in [2.45, 2.75) is 69.5 Å². The highest BCUT2D eigenvalue weighted by atomic mass is 16.2. The third-order valence-electron chi connectivity index (χ3n) is 6.15. The van der Waals surface area contributed by atoms with Gasteiger partial charge in [-0.05, 0) is 70.1 Å². The number of amides is 2. The fourth-order valence-corrected chi connectivity index (χ4v) is 4.83. The molecule has 0 spiro atoms. The molecule has 3 N–H and O–H groups in total. The first-order valence-electron chi connectivity index (χ1n) is 9.93. The molecule has 3 aliphatic rings. The third-order valence-corrected chi connectivity index (χ3v) is 6.15. The van der Waals surface area contributed by atoms with E-state index in [4.69, 9.17) is 0 Å². The second-order valence-corrected chi connectivity index (χ2v) is 8.49. The number of pyridine rings is 1. The van der Waals surface area contributed by atoms with Crippen LogP contribution < -0.4 is 16.0 Å². The number of hydrogen-bond acceptors (Lipinski definition) is 5. The van der Waals surface area contributed by atoms with Gasteiger partial charge in [0.25, 0.3) is 5.91 Å². The van der Waals surface area contributed by atoms with Gasteiger partial charge in [-0.1, -0.05) is 0 Å². The normalized spacial score (nSPS) is 30.9. The first kappa shape index (κ1) is 18.7. The fourth-order valence-electron chi connectivity index (χ4n) is 4.83. The maximum atomic E-state index is 12.8. The number of nitrogens with one attached hydrogen (secondary N) is 3. The molecule has 0 radical (unpaired) electrons. The van der Waals surface area contributed by atoms with Crippen molar-refractivity contribution in [2.75, 3.05) is 0 Å². The van der Waals surface area contributed by atoms with Gasteiger partial charge >= 0.3 is 0 Å². The fraction of sp³-hybridized carbons (Fsp3) is 0.524. The molecule has 3 unspecified atom stereocenters. The predicted molar refractivity (Wildman–Crippen MR) is 107 cm³/mol. The minimum absolute atomic E-state index is 0.0550. The van der Waals surface area contributed by atoms with Crippen LogP contribution in [0.2, 0.25) is 0 Å². The molecule has 2 bridgehead atoms. The van der Waals surface area contributed by atoms with Crippen LogP contribution in [0.5, 0.6) is 0 Å². The summed E-state index contributed by atoms with van der Waals surface area (Å²) in [6.07, 6.45) is 10.4. The maximum absolute atomic E-state index is 12.8. The molecule has 7 heteroatoms. The van der Waals surface area contributed by atoms with Crippen LogP contribution in [0.4, 0.5) is 0 Å². The summed E-state index contributed by atoms with van der Waals surface area (Å²) < 4.78 is 0. The number of aryl methyl sites for hydroxylation is 1. The van der Waals surface area contributed by atoms with E-state index in [0.717, 1.165) is 49.8 Å². The zero-order valence-corrected chi connectivity index (χ0v) is 16.4. The molecule has 3 atom stereocenters. The van der Waals surface area contributed by atoms with Gasteiger partial charge in [-0.2, -0.15) is 0 Å². The van der Waals surface area contributed by atoms with Gasteiger partial charge in [-0.25, -0.2) is 0 Å². The lowest BCUT2D eigenvalue weighted by atomic mass is 9.78. The van der Waals surface area contributed by atoms with Crippen molar-refractivity contribution in [3.8, 4) is 0 Å². The summed E-state index contributed by atoms with van der Waals surface area (Å²) in [5, 5.41) is 9.67. The Morgan fingerprint density at radius 3 is 2.61 bits per heavy atom. The number of carbonyl (C=O) groups is 2. The summed E-state index contributed by atoms with van der Waals surface area (Å²) in [7, 11) is 0. The number of rotatable bonds is 4. The van der Waals surface area contributed by atoms with Gasteiger partial charge in [-0.15, -0.1) is 0 Å². The van der Waals surface area contributed by atoms with Crippen molar-refractivity contribution in [1.29, 1.82) is 0 Å². The van der Waals surface area contributed by atoms with Crippen LogP contribution in [0.15, 0.2) is 35.2 Å². The number of carbonyl (C=O) groups excluding carboxylic acids is 2. The van der Waals surface area contributed by atoms with Gasteiger partial charge in [0.05, 0.1) is 0 Å². The van der Waals surface area contributed by atoms with Crippen LogP contribution in [0.25, 0.3) is 0 Å². The maximum Gasteiger partial charge on any atom is 0.270 e. The van der Waals surface area contributed by atoms with Gasteiger partial charge < -0.3 is 16.0 Å². The summed E-state index contributed by atoms with van der Waals surface area (Å²) >= 11 is 0. The van der Waals surface area contributed by atoms with Crippen molar-refractivity contribution < 1.29 is 9.59 Å². The average Bonchev–Trinajstić information content (AvgIpc) is 2.91. The molecule has 148 valence electrons. The standard InChI is InChI=1S/C21H27N5O2/c1-14-4-9-23-16(10-14)18(27)25-20-5-3-6-21(13-20,8-7-20)26-19(28)17-12-22-11-15(2)24-17/h4,9-12,17,24H,3,5-8,13H2,1-2H3,(H,25,27)(H,26,28). The number of fused-ring (bicyclic) bond motifs is 2. The molecule has 2 saturated carbocycles. The molecule has 2 aliphatic carbocycles. The van der Waals surface area contributed by atoms with Gasteiger partial charge in [0, 0.05) is 35.4 Å². The van der Waals surface area contributed by atoms with Crippen molar-refractivity contribution >= 4 is 18.0 Å². The number of aliphatic imine (C=N–C) groups is 1. The van der Waals surface area contributed by atoms with E-state index in [1.165, 1.54) is 0 Å². The minimum atomic E-state index is -0.442. The Morgan fingerprint density at radius 1 is 1.14 bits per heavy atom. The number of allylic oxidation sites excluding steroid dienone is 1. The minimum Gasteiger partial charge on any atom is -0.372 e. The highest BCUT2D eigenvalue weighted by Crippen LogP contribution is 2.48. The molecule has 2 amide bonds. The Kier molecular flexibility index (Phi) is 4.69. The molecule has 1 aliphatic heterocycles. The highest BCUT2D eigenvalue weighted by Gasteiger charge is 2.52. The highest BCUT2D eigenvalue weighted by molar-refractivity contribution is 5.99. The quantitative estimate of drug-likeness (QED) is 0.743. The summed E-state index contributed by atoms with van der Waals surface area (Å²) in [5.74, 6) is -0.185. The van der Waals surface area contributed by atoms with Gasteiger partial charge in [-0.3, -0.25) is 19.6 Å². The van der Waals surface area contributed by atoms with Gasteiger partial charge in [0.1, 0.15) is 11.7 Å². The second-order valence-electron chi connectivity index (χ2n) is 8.49. The summed E-state index contributed by atoms with van der Waals surface area (Å²) in [6.45, 7) is 3.85. The lowest BCUT2D eigenvalue weighted by Gasteiger charge is -2.41. The molecule has 7 nitrogen and oxygen atoms in total. The number of hydrogen-bond donors (Lipinski definition) is 3. The lowest BCUT2D eigenvalue weighted by molar-refractivity contribution is -0.123. The molecule has 1 aromatic rings. The molecule has 0 aromatic carbocycles. The lowest BCUT2D eigenvalue weighted by Crippen LogP contribution is -2.58. The second kappa shape index (κ2) is 7.04. The van der Waals surface area contributed by atoms with Crippen LogP contribution in [0.3, 0.4) is 0 Å². The van der Waals surface area contributed by atoms with Gasteiger partial charge in [0.15, 0.2) is 0 Å². The van der Waals surface area contributed by atoms with Crippen molar-refractivity contribution in [3.63, 3.8) is 0 Å². The summed E-state index contributed by atoms with van der Waals surface area (Å²) in [4.78, 5) is 33.9. The molecule has 2 heterocycles. The van der Waals surface area contributed by atoms with Crippen molar-refractivity contribution in [3.05, 3.63) is 41.5 Å².